The van der Waals surface area contributed by atoms with E-state index in [4.69, 9.17) is 4.52 Å². The molecule has 0 bridgehead atoms. The largest absolute Gasteiger partial charge is 0.359 e. The van der Waals surface area contributed by atoms with Crippen LogP contribution in [0.1, 0.15) is 44.3 Å². The van der Waals surface area contributed by atoms with Crippen molar-refractivity contribution in [3.63, 3.8) is 0 Å². The van der Waals surface area contributed by atoms with Crippen LogP contribution in [0.2, 0.25) is 0 Å². The van der Waals surface area contributed by atoms with Crippen molar-refractivity contribution < 1.29 is 9.32 Å². The molecule has 2 aromatic rings. The highest BCUT2D eigenvalue weighted by Gasteiger charge is 2.23. The molecule has 0 radical (unpaired) electrons. The number of likely N-dealkylation sites (tertiary alicyclic amines) is 2. The molecule has 6 heteroatoms. The third-order valence-corrected chi connectivity index (χ3v) is 5.85. The van der Waals surface area contributed by atoms with E-state index < -0.39 is 0 Å². The Hall–Kier alpha value is -2.21. The predicted octanol–water partition coefficient (Wildman–Crippen LogP) is 3.35. The smallest absolute Gasteiger partial charge is 0.222 e. The van der Waals surface area contributed by atoms with Crippen molar-refractivity contribution in [2.75, 3.05) is 26.2 Å². The van der Waals surface area contributed by atoms with Gasteiger partial charge in [-0.15, -0.1) is 0 Å². The molecule has 2 aliphatic heterocycles. The molecular weight excluding hydrogens is 340 g/mol. The summed E-state index contributed by atoms with van der Waals surface area (Å²) in [6.07, 6.45) is 9.98. The van der Waals surface area contributed by atoms with Gasteiger partial charge in [-0.3, -0.25) is 14.7 Å². The Labute approximate surface area is 160 Å². The summed E-state index contributed by atoms with van der Waals surface area (Å²) in [5.74, 6) is 1.94. The van der Waals surface area contributed by atoms with Gasteiger partial charge in [0, 0.05) is 43.5 Å². The highest BCUT2D eigenvalue weighted by Crippen LogP contribution is 2.25. The van der Waals surface area contributed by atoms with E-state index in [9.17, 15) is 4.79 Å². The molecule has 0 atom stereocenters. The molecule has 4 heterocycles. The molecule has 0 unspecified atom stereocenters. The maximum Gasteiger partial charge on any atom is 0.222 e. The van der Waals surface area contributed by atoms with Crippen molar-refractivity contribution in [1.29, 1.82) is 0 Å². The fourth-order valence-corrected chi connectivity index (χ4v) is 4.15. The lowest BCUT2D eigenvalue weighted by Gasteiger charge is -2.31. The van der Waals surface area contributed by atoms with Crippen molar-refractivity contribution >= 4 is 5.91 Å². The van der Waals surface area contributed by atoms with Gasteiger partial charge in [-0.05, 0) is 63.2 Å². The molecule has 2 aliphatic rings. The van der Waals surface area contributed by atoms with E-state index in [1.165, 1.54) is 25.7 Å². The molecule has 144 valence electrons. The molecule has 0 aromatic carbocycles. The van der Waals surface area contributed by atoms with E-state index >= 15 is 0 Å². The molecular formula is C21H28N4O2. The Kier molecular flexibility index (Phi) is 5.82. The summed E-state index contributed by atoms with van der Waals surface area (Å²) < 4.78 is 5.52. The third-order valence-electron chi connectivity index (χ3n) is 5.85. The van der Waals surface area contributed by atoms with Crippen LogP contribution in [0.25, 0.3) is 11.3 Å². The van der Waals surface area contributed by atoms with Gasteiger partial charge in [0.2, 0.25) is 5.91 Å². The van der Waals surface area contributed by atoms with Gasteiger partial charge in [0.25, 0.3) is 0 Å². The number of hydrogen-bond donors (Lipinski definition) is 0. The van der Waals surface area contributed by atoms with Crippen LogP contribution in [0.3, 0.4) is 0 Å². The number of nitrogens with zero attached hydrogens (tertiary/aromatic N) is 4. The molecule has 4 rings (SSSR count). The fourth-order valence-electron chi connectivity index (χ4n) is 4.15. The SMILES string of the molecule is O=C(CCC1CCN(Cc2cc(-c3ccncc3)no2)CC1)N1CCCC1. The summed E-state index contributed by atoms with van der Waals surface area (Å²) in [4.78, 5) is 20.7. The molecule has 0 saturated carbocycles. The number of piperidine rings is 1. The minimum Gasteiger partial charge on any atom is -0.359 e. The van der Waals surface area contributed by atoms with Crippen LogP contribution in [0.5, 0.6) is 0 Å². The second-order valence-corrected chi connectivity index (χ2v) is 7.76. The Bertz CT molecular complexity index is 732. The highest BCUT2D eigenvalue weighted by molar-refractivity contribution is 5.76. The number of hydrogen-bond acceptors (Lipinski definition) is 5. The van der Waals surface area contributed by atoms with Gasteiger partial charge in [-0.25, -0.2) is 0 Å². The zero-order valence-electron chi connectivity index (χ0n) is 15.8. The van der Waals surface area contributed by atoms with Gasteiger partial charge in [0.1, 0.15) is 5.69 Å². The number of amides is 1. The van der Waals surface area contributed by atoms with E-state index in [1.54, 1.807) is 12.4 Å². The lowest BCUT2D eigenvalue weighted by Crippen LogP contribution is -2.34. The van der Waals surface area contributed by atoms with Gasteiger partial charge >= 0.3 is 0 Å². The van der Waals surface area contributed by atoms with Gasteiger partial charge < -0.3 is 9.42 Å². The predicted molar refractivity (Wildman–Crippen MR) is 103 cm³/mol. The minimum atomic E-state index is 0.361. The monoisotopic (exact) mass is 368 g/mol. The molecule has 2 fully saturated rings. The summed E-state index contributed by atoms with van der Waals surface area (Å²) in [5.41, 5.74) is 1.89. The van der Waals surface area contributed by atoms with E-state index in [-0.39, 0.29) is 0 Å². The zero-order chi connectivity index (χ0) is 18.5. The van der Waals surface area contributed by atoms with Crippen LogP contribution in [0, 0.1) is 5.92 Å². The first-order chi connectivity index (χ1) is 13.3. The van der Waals surface area contributed by atoms with Crippen molar-refractivity contribution in [3.05, 3.63) is 36.4 Å². The van der Waals surface area contributed by atoms with Crippen LogP contribution >= 0.6 is 0 Å². The van der Waals surface area contributed by atoms with E-state index in [0.717, 1.165) is 62.6 Å². The number of rotatable bonds is 6. The normalized spacial score (nSPS) is 18.9. The number of aromatic nitrogens is 2. The van der Waals surface area contributed by atoms with Crippen LogP contribution in [-0.2, 0) is 11.3 Å². The van der Waals surface area contributed by atoms with Gasteiger partial charge in [0.15, 0.2) is 5.76 Å². The van der Waals surface area contributed by atoms with Crippen LogP contribution in [0.15, 0.2) is 35.1 Å². The molecule has 0 spiro atoms. The first-order valence-electron chi connectivity index (χ1n) is 10.1. The van der Waals surface area contributed by atoms with Crippen LogP contribution in [0.4, 0.5) is 0 Å². The number of carbonyl (C=O) groups excluding carboxylic acids is 1. The van der Waals surface area contributed by atoms with Gasteiger partial charge in [-0.2, -0.15) is 0 Å². The second-order valence-electron chi connectivity index (χ2n) is 7.76. The molecule has 2 aromatic heterocycles. The van der Waals surface area contributed by atoms with Crippen molar-refractivity contribution in [2.24, 2.45) is 5.92 Å². The number of carbonyl (C=O) groups is 1. The summed E-state index contributed by atoms with van der Waals surface area (Å²) in [6, 6.07) is 5.91. The average Bonchev–Trinajstić information content (AvgIpc) is 3.40. The summed E-state index contributed by atoms with van der Waals surface area (Å²) in [5, 5.41) is 4.18. The van der Waals surface area contributed by atoms with E-state index in [1.807, 2.05) is 23.1 Å². The molecule has 0 N–H and O–H groups in total. The second kappa shape index (κ2) is 8.65. The zero-order valence-corrected chi connectivity index (χ0v) is 15.8. The fraction of sp³-hybridized carbons (Fsp3) is 0.571. The van der Waals surface area contributed by atoms with Gasteiger partial charge in [0.05, 0.1) is 6.54 Å². The van der Waals surface area contributed by atoms with E-state index in [2.05, 4.69) is 15.0 Å². The average molecular weight is 368 g/mol. The number of pyridine rings is 1. The maximum atomic E-state index is 12.2. The van der Waals surface area contributed by atoms with Crippen molar-refractivity contribution in [1.82, 2.24) is 19.9 Å². The van der Waals surface area contributed by atoms with E-state index in [0.29, 0.717) is 11.8 Å². The molecule has 2 saturated heterocycles. The van der Waals surface area contributed by atoms with Crippen molar-refractivity contribution in [3.8, 4) is 11.3 Å². The lowest BCUT2D eigenvalue weighted by atomic mass is 9.92. The molecule has 0 aliphatic carbocycles. The Morgan fingerprint density at radius 3 is 2.59 bits per heavy atom. The Morgan fingerprint density at radius 2 is 1.85 bits per heavy atom. The molecule has 1 amide bonds. The summed E-state index contributed by atoms with van der Waals surface area (Å²) >= 11 is 0. The standard InChI is InChI=1S/C21H28N4O2/c26-21(25-11-1-2-12-25)4-3-17-7-13-24(14-8-17)16-19-15-20(23-27-19)18-5-9-22-10-6-18/h5-6,9-10,15,17H,1-4,7-8,11-14,16H2. The summed E-state index contributed by atoms with van der Waals surface area (Å²) in [6.45, 7) is 4.87. The van der Waals surface area contributed by atoms with Crippen LogP contribution in [-0.4, -0.2) is 52.0 Å². The molecule has 27 heavy (non-hydrogen) atoms. The minimum absolute atomic E-state index is 0.361. The highest BCUT2D eigenvalue weighted by atomic mass is 16.5. The quantitative estimate of drug-likeness (QED) is 0.782. The third kappa shape index (κ3) is 4.75. The Morgan fingerprint density at radius 1 is 1.11 bits per heavy atom. The Balaban J connectivity index is 1.20. The van der Waals surface area contributed by atoms with Crippen LogP contribution < -0.4 is 0 Å². The molecule has 6 nitrogen and oxygen atoms in total. The lowest BCUT2D eigenvalue weighted by molar-refractivity contribution is -0.130. The first-order valence-corrected chi connectivity index (χ1v) is 10.1. The summed E-state index contributed by atoms with van der Waals surface area (Å²) in [7, 11) is 0. The van der Waals surface area contributed by atoms with Gasteiger partial charge in [-0.1, -0.05) is 5.16 Å². The maximum absolute atomic E-state index is 12.2. The topological polar surface area (TPSA) is 62.5 Å². The van der Waals surface area contributed by atoms with Crippen molar-refractivity contribution in [2.45, 2.75) is 45.1 Å². The first kappa shape index (κ1) is 18.2.